The second kappa shape index (κ2) is 6.77. The molecular formula is C15H21N3O2S. The Bertz CT molecular complexity index is 471. The topological polar surface area (TPSA) is 54.5 Å². The van der Waals surface area contributed by atoms with Gasteiger partial charge in [-0.2, -0.15) is 11.8 Å². The van der Waals surface area contributed by atoms with Crippen LogP contribution in [-0.4, -0.2) is 65.7 Å². The monoisotopic (exact) mass is 307 g/mol. The first-order valence-electron chi connectivity index (χ1n) is 7.39. The lowest BCUT2D eigenvalue weighted by atomic mass is 9.95. The van der Waals surface area contributed by atoms with E-state index < -0.39 is 0 Å². The third-order valence-electron chi connectivity index (χ3n) is 4.27. The van der Waals surface area contributed by atoms with E-state index in [1.54, 1.807) is 24.5 Å². The van der Waals surface area contributed by atoms with Crippen molar-refractivity contribution in [3.05, 3.63) is 30.1 Å². The summed E-state index contributed by atoms with van der Waals surface area (Å²) in [5.74, 6) is 2.22. The van der Waals surface area contributed by atoms with Gasteiger partial charge in [-0.25, -0.2) is 0 Å². The zero-order valence-corrected chi connectivity index (χ0v) is 12.9. The van der Waals surface area contributed by atoms with Crippen LogP contribution in [0.4, 0.5) is 0 Å². The summed E-state index contributed by atoms with van der Waals surface area (Å²) in [7, 11) is 0. The van der Waals surface area contributed by atoms with Crippen LogP contribution in [0, 0.1) is 0 Å². The second-order valence-electron chi connectivity index (χ2n) is 5.55. The number of thioether (sulfide) groups is 1. The largest absolute Gasteiger partial charge is 0.379 e. The first-order chi connectivity index (χ1) is 10.3. The quantitative estimate of drug-likeness (QED) is 0.900. The van der Waals surface area contributed by atoms with Crippen LogP contribution in [-0.2, 0) is 4.74 Å². The number of pyridine rings is 1. The predicted molar refractivity (Wildman–Crippen MR) is 83.6 cm³/mol. The van der Waals surface area contributed by atoms with Crippen LogP contribution in [0.5, 0.6) is 0 Å². The molecule has 2 aliphatic rings. The summed E-state index contributed by atoms with van der Waals surface area (Å²) >= 11 is 1.98. The average molecular weight is 307 g/mol. The van der Waals surface area contributed by atoms with E-state index in [0.717, 1.165) is 38.5 Å². The fourth-order valence-corrected chi connectivity index (χ4v) is 4.46. The fraction of sp³-hybridized carbons (Fsp3) is 0.600. The molecule has 0 bridgehead atoms. The Kier molecular flexibility index (Phi) is 4.77. The standard InChI is InChI=1S/C15H21N3O2S/c19-14(13-2-1-4-16-10-13)17-11-15(3-9-21-12-15)18-5-7-20-8-6-18/h1-2,4,10H,3,5-9,11-12H2,(H,17,19)/t15-/m0/s1. The summed E-state index contributed by atoms with van der Waals surface area (Å²) in [6.45, 7) is 4.21. The zero-order chi connectivity index (χ0) is 14.5. The Morgan fingerprint density at radius 2 is 2.33 bits per heavy atom. The van der Waals surface area contributed by atoms with Crippen LogP contribution in [0.3, 0.4) is 0 Å². The van der Waals surface area contributed by atoms with E-state index in [0.29, 0.717) is 12.1 Å². The maximum Gasteiger partial charge on any atom is 0.252 e. The van der Waals surface area contributed by atoms with Crippen LogP contribution < -0.4 is 5.32 Å². The van der Waals surface area contributed by atoms with E-state index >= 15 is 0 Å². The maximum atomic E-state index is 12.2. The van der Waals surface area contributed by atoms with Gasteiger partial charge in [0.25, 0.3) is 5.91 Å². The molecule has 3 rings (SSSR count). The van der Waals surface area contributed by atoms with E-state index in [4.69, 9.17) is 4.74 Å². The molecule has 0 aromatic carbocycles. The number of hydrogen-bond donors (Lipinski definition) is 1. The number of hydrogen-bond acceptors (Lipinski definition) is 5. The molecule has 1 N–H and O–H groups in total. The lowest BCUT2D eigenvalue weighted by molar-refractivity contribution is -0.0129. The molecule has 2 saturated heterocycles. The highest BCUT2D eigenvalue weighted by atomic mass is 32.2. The van der Waals surface area contributed by atoms with Crippen molar-refractivity contribution in [3.8, 4) is 0 Å². The van der Waals surface area contributed by atoms with Crippen molar-refractivity contribution >= 4 is 17.7 Å². The Balaban J connectivity index is 1.64. The number of carbonyl (C=O) groups is 1. The molecule has 0 saturated carbocycles. The van der Waals surface area contributed by atoms with Gasteiger partial charge in [-0.1, -0.05) is 0 Å². The van der Waals surface area contributed by atoms with Crippen LogP contribution in [0.2, 0.25) is 0 Å². The fourth-order valence-electron chi connectivity index (χ4n) is 2.98. The molecule has 1 aromatic rings. The van der Waals surface area contributed by atoms with Gasteiger partial charge in [-0.3, -0.25) is 14.7 Å². The normalized spacial score (nSPS) is 26.7. The van der Waals surface area contributed by atoms with E-state index in [9.17, 15) is 4.79 Å². The minimum Gasteiger partial charge on any atom is -0.379 e. The van der Waals surface area contributed by atoms with Crippen molar-refractivity contribution in [2.24, 2.45) is 0 Å². The highest BCUT2D eigenvalue weighted by Gasteiger charge is 2.40. The maximum absolute atomic E-state index is 12.2. The number of rotatable bonds is 4. The molecule has 5 nitrogen and oxygen atoms in total. The molecule has 114 valence electrons. The first kappa shape index (κ1) is 14.8. The van der Waals surface area contributed by atoms with Crippen molar-refractivity contribution < 1.29 is 9.53 Å². The molecule has 3 heterocycles. The molecule has 6 heteroatoms. The molecule has 1 amide bonds. The first-order valence-corrected chi connectivity index (χ1v) is 8.54. The van der Waals surface area contributed by atoms with Gasteiger partial charge in [0.15, 0.2) is 0 Å². The minimum atomic E-state index is -0.0346. The van der Waals surface area contributed by atoms with E-state index in [1.807, 2.05) is 11.8 Å². The molecule has 2 fully saturated rings. The van der Waals surface area contributed by atoms with Gasteiger partial charge in [-0.05, 0) is 24.3 Å². The van der Waals surface area contributed by atoms with Gasteiger partial charge in [-0.15, -0.1) is 0 Å². The summed E-state index contributed by atoms with van der Waals surface area (Å²) in [6.07, 6.45) is 4.42. The third kappa shape index (κ3) is 3.39. The van der Waals surface area contributed by atoms with Crippen LogP contribution >= 0.6 is 11.8 Å². The van der Waals surface area contributed by atoms with Crippen LogP contribution in [0.15, 0.2) is 24.5 Å². The molecule has 21 heavy (non-hydrogen) atoms. The molecule has 1 atom stereocenters. The molecule has 2 aliphatic heterocycles. The summed E-state index contributed by atoms with van der Waals surface area (Å²) in [6, 6.07) is 3.59. The molecule has 0 spiro atoms. The van der Waals surface area contributed by atoms with Crippen molar-refractivity contribution in [1.29, 1.82) is 0 Å². The highest BCUT2D eigenvalue weighted by Crippen LogP contribution is 2.33. The van der Waals surface area contributed by atoms with Gasteiger partial charge in [0, 0.05) is 43.3 Å². The number of nitrogens with one attached hydrogen (secondary N) is 1. The van der Waals surface area contributed by atoms with E-state index in [1.165, 1.54) is 5.75 Å². The number of nitrogens with zero attached hydrogens (tertiary/aromatic N) is 2. The molecule has 0 aliphatic carbocycles. The van der Waals surface area contributed by atoms with Crippen molar-refractivity contribution in [1.82, 2.24) is 15.2 Å². The highest BCUT2D eigenvalue weighted by molar-refractivity contribution is 7.99. The Morgan fingerprint density at radius 3 is 3.00 bits per heavy atom. The average Bonchev–Trinajstić information content (AvgIpc) is 3.04. The lowest BCUT2D eigenvalue weighted by Crippen LogP contribution is -2.59. The van der Waals surface area contributed by atoms with Crippen molar-refractivity contribution in [2.45, 2.75) is 12.0 Å². The summed E-state index contributed by atoms with van der Waals surface area (Å²) in [5.41, 5.74) is 0.715. The second-order valence-corrected chi connectivity index (χ2v) is 6.66. The number of morpholine rings is 1. The third-order valence-corrected chi connectivity index (χ3v) is 5.50. The van der Waals surface area contributed by atoms with Crippen LogP contribution in [0.1, 0.15) is 16.8 Å². The molecular weight excluding hydrogens is 286 g/mol. The predicted octanol–water partition coefficient (Wildman–Crippen LogP) is 1.02. The SMILES string of the molecule is O=C(NC[C@@]1(N2CCOCC2)CCSC1)c1cccnc1. The van der Waals surface area contributed by atoms with Gasteiger partial charge >= 0.3 is 0 Å². The van der Waals surface area contributed by atoms with E-state index in [-0.39, 0.29) is 11.4 Å². The lowest BCUT2D eigenvalue weighted by Gasteiger charge is -2.43. The van der Waals surface area contributed by atoms with Crippen molar-refractivity contribution in [2.75, 3.05) is 44.4 Å². The molecule has 0 radical (unpaired) electrons. The number of carbonyl (C=O) groups excluding carboxylic acids is 1. The number of ether oxygens (including phenoxy) is 1. The smallest absolute Gasteiger partial charge is 0.252 e. The van der Waals surface area contributed by atoms with Gasteiger partial charge < -0.3 is 10.1 Å². The summed E-state index contributed by atoms with van der Waals surface area (Å²) in [4.78, 5) is 18.7. The molecule has 0 unspecified atom stereocenters. The summed E-state index contributed by atoms with van der Waals surface area (Å²) < 4.78 is 5.46. The van der Waals surface area contributed by atoms with E-state index in [2.05, 4.69) is 15.2 Å². The number of amides is 1. The molecule has 1 aromatic heterocycles. The Morgan fingerprint density at radius 1 is 1.48 bits per heavy atom. The van der Waals surface area contributed by atoms with Gasteiger partial charge in [0.2, 0.25) is 0 Å². The zero-order valence-electron chi connectivity index (χ0n) is 12.1. The van der Waals surface area contributed by atoms with Crippen LogP contribution in [0.25, 0.3) is 0 Å². The van der Waals surface area contributed by atoms with Gasteiger partial charge in [0.1, 0.15) is 0 Å². The van der Waals surface area contributed by atoms with Crippen molar-refractivity contribution in [3.63, 3.8) is 0 Å². The Labute approximate surface area is 129 Å². The van der Waals surface area contributed by atoms with Gasteiger partial charge in [0.05, 0.1) is 18.8 Å². The number of aromatic nitrogens is 1. The summed E-state index contributed by atoms with van der Waals surface area (Å²) in [5, 5.41) is 3.10. The minimum absolute atomic E-state index is 0.0346. The Hall–Kier alpha value is -1.11.